The summed E-state index contributed by atoms with van der Waals surface area (Å²) in [5.41, 5.74) is 0.185. The predicted octanol–water partition coefficient (Wildman–Crippen LogP) is 0.00189. The SMILES string of the molecule is CC(O)c1cc(F)ccc1O.O=Cc1cc(F)ccc1O.[Br-].[CH3-].[Mg+2]. The molecule has 0 amide bonds. The summed E-state index contributed by atoms with van der Waals surface area (Å²) in [6.07, 6.45) is -0.441. The summed E-state index contributed by atoms with van der Waals surface area (Å²) in [5.74, 6) is -1.27. The molecule has 0 saturated heterocycles. The zero-order chi connectivity index (χ0) is 16.0. The first kappa shape index (κ1) is 27.6. The summed E-state index contributed by atoms with van der Waals surface area (Å²) >= 11 is 0. The van der Waals surface area contributed by atoms with E-state index in [9.17, 15) is 13.6 Å². The van der Waals surface area contributed by atoms with Crippen LogP contribution in [0, 0.1) is 19.1 Å². The number of rotatable bonds is 2. The zero-order valence-corrected chi connectivity index (χ0v) is 16.2. The normalized spacial score (nSPS) is 9.83. The van der Waals surface area contributed by atoms with Gasteiger partial charge in [0.15, 0.2) is 6.29 Å². The topological polar surface area (TPSA) is 77.8 Å². The maximum absolute atomic E-state index is 12.5. The third-order valence-corrected chi connectivity index (χ3v) is 2.56. The molecule has 0 aliphatic heterocycles. The van der Waals surface area contributed by atoms with Gasteiger partial charge in [0.05, 0.1) is 11.7 Å². The minimum atomic E-state index is -0.842. The van der Waals surface area contributed by atoms with E-state index in [0.29, 0.717) is 6.29 Å². The van der Waals surface area contributed by atoms with Crippen LogP contribution >= 0.6 is 0 Å². The number of aliphatic hydroxyl groups is 1. The van der Waals surface area contributed by atoms with Gasteiger partial charge in [-0.05, 0) is 43.3 Å². The number of phenolic OH excluding ortho intramolecular Hbond substituents is 2. The number of aliphatic hydroxyl groups excluding tert-OH is 1. The summed E-state index contributed by atoms with van der Waals surface area (Å²) in [6.45, 7) is 1.47. The molecule has 1 atom stereocenters. The minimum absolute atomic E-state index is 0. The molecule has 24 heavy (non-hydrogen) atoms. The van der Waals surface area contributed by atoms with E-state index in [0.717, 1.165) is 30.3 Å². The average Bonchev–Trinajstić information content (AvgIpc) is 2.44. The summed E-state index contributed by atoms with van der Waals surface area (Å²) in [5, 5.41) is 26.9. The van der Waals surface area contributed by atoms with Crippen LogP contribution in [0.1, 0.15) is 28.9 Å². The molecule has 0 aliphatic carbocycles. The van der Waals surface area contributed by atoms with Crippen molar-refractivity contribution in [1.29, 1.82) is 0 Å². The van der Waals surface area contributed by atoms with Crippen molar-refractivity contribution >= 4 is 29.3 Å². The van der Waals surface area contributed by atoms with Crippen molar-refractivity contribution in [1.82, 2.24) is 0 Å². The van der Waals surface area contributed by atoms with E-state index in [1.807, 2.05) is 0 Å². The van der Waals surface area contributed by atoms with Gasteiger partial charge in [0.1, 0.15) is 23.1 Å². The van der Waals surface area contributed by atoms with Gasteiger partial charge < -0.3 is 39.7 Å². The van der Waals surface area contributed by atoms with Crippen molar-refractivity contribution in [3.8, 4) is 11.5 Å². The largest absolute Gasteiger partial charge is 2.00 e. The van der Waals surface area contributed by atoms with Crippen LogP contribution in [0.3, 0.4) is 0 Å². The van der Waals surface area contributed by atoms with Crippen LogP contribution in [0.2, 0.25) is 0 Å². The van der Waals surface area contributed by atoms with Crippen molar-refractivity contribution in [2.24, 2.45) is 0 Å². The number of benzene rings is 2. The molecule has 0 aromatic heterocycles. The van der Waals surface area contributed by atoms with Crippen LogP contribution in [-0.2, 0) is 0 Å². The molecule has 0 heterocycles. The minimum Gasteiger partial charge on any atom is -1.00 e. The van der Waals surface area contributed by atoms with Crippen LogP contribution in [-0.4, -0.2) is 44.7 Å². The fraction of sp³-hybridized carbons (Fsp3) is 0.125. The van der Waals surface area contributed by atoms with E-state index in [2.05, 4.69) is 0 Å². The number of aldehydes is 1. The Hall–Kier alpha value is -1.22. The number of halogens is 3. The Bertz CT molecular complexity index is 639. The Morgan fingerprint density at radius 1 is 1.00 bits per heavy atom. The number of carbonyl (C=O) groups is 1. The Morgan fingerprint density at radius 3 is 1.83 bits per heavy atom. The molecule has 4 nitrogen and oxygen atoms in total. The first-order chi connectivity index (χ1) is 9.85. The smallest absolute Gasteiger partial charge is 1.00 e. The Morgan fingerprint density at radius 2 is 1.46 bits per heavy atom. The van der Waals surface area contributed by atoms with Crippen molar-refractivity contribution in [2.45, 2.75) is 13.0 Å². The third-order valence-electron chi connectivity index (χ3n) is 2.56. The van der Waals surface area contributed by atoms with Crippen molar-refractivity contribution in [3.63, 3.8) is 0 Å². The van der Waals surface area contributed by atoms with Gasteiger partial charge in [-0.1, -0.05) is 0 Å². The fourth-order valence-corrected chi connectivity index (χ4v) is 1.48. The Kier molecular flexibility index (Phi) is 15.1. The molecule has 0 radical (unpaired) electrons. The summed E-state index contributed by atoms with van der Waals surface area (Å²) in [4.78, 5) is 10.1. The van der Waals surface area contributed by atoms with Crippen LogP contribution in [0.15, 0.2) is 36.4 Å². The monoisotopic (exact) mass is 414 g/mol. The van der Waals surface area contributed by atoms with Gasteiger partial charge in [0, 0.05) is 5.56 Å². The number of carbonyl (C=O) groups excluding carboxylic acids is 1. The predicted molar refractivity (Wildman–Crippen MR) is 84.3 cm³/mol. The zero-order valence-electron chi connectivity index (χ0n) is 13.2. The fourth-order valence-electron chi connectivity index (χ4n) is 1.48. The molecule has 8 heteroatoms. The molecule has 0 bridgehead atoms. The van der Waals surface area contributed by atoms with Gasteiger partial charge in [-0.25, -0.2) is 8.78 Å². The maximum atomic E-state index is 12.5. The van der Waals surface area contributed by atoms with Crippen LogP contribution in [0.5, 0.6) is 11.5 Å². The molecule has 128 valence electrons. The molecule has 0 saturated carbocycles. The van der Waals surface area contributed by atoms with E-state index in [1.54, 1.807) is 0 Å². The molecule has 0 aliphatic rings. The molecule has 2 rings (SSSR count). The number of hydrogen-bond acceptors (Lipinski definition) is 4. The number of hydrogen-bond donors (Lipinski definition) is 3. The van der Waals surface area contributed by atoms with Gasteiger partial charge in [-0.15, -0.1) is 0 Å². The van der Waals surface area contributed by atoms with Crippen molar-refractivity contribution in [2.75, 3.05) is 0 Å². The maximum Gasteiger partial charge on any atom is 2.00 e. The molecule has 1 unspecified atom stereocenters. The van der Waals surface area contributed by atoms with Crippen LogP contribution in [0.4, 0.5) is 8.78 Å². The van der Waals surface area contributed by atoms with Gasteiger partial charge in [0.25, 0.3) is 0 Å². The molecule has 0 spiro atoms. The molecule has 2 aromatic carbocycles. The number of phenols is 2. The Balaban J connectivity index is -0.000000328. The second kappa shape index (κ2) is 13.1. The van der Waals surface area contributed by atoms with Gasteiger partial charge in [-0.2, -0.15) is 0 Å². The average molecular weight is 416 g/mol. The van der Waals surface area contributed by atoms with Crippen LogP contribution in [0.25, 0.3) is 0 Å². The molecule has 2 aromatic rings. The van der Waals surface area contributed by atoms with Crippen molar-refractivity contribution < 1.29 is 45.9 Å². The van der Waals surface area contributed by atoms with E-state index in [-0.39, 0.29) is 70.1 Å². The quantitative estimate of drug-likeness (QED) is 0.367. The van der Waals surface area contributed by atoms with E-state index < -0.39 is 17.7 Å². The van der Waals surface area contributed by atoms with E-state index in [1.165, 1.54) is 13.0 Å². The second-order valence-corrected chi connectivity index (χ2v) is 4.20. The van der Waals surface area contributed by atoms with E-state index >= 15 is 0 Å². The third kappa shape index (κ3) is 8.58. The van der Waals surface area contributed by atoms with Crippen LogP contribution < -0.4 is 17.0 Å². The van der Waals surface area contributed by atoms with Gasteiger partial charge in [-0.3, -0.25) is 4.79 Å². The Labute approximate surface area is 166 Å². The summed E-state index contributed by atoms with van der Waals surface area (Å²) in [7, 11) is 0. The molecule has 3 N–H and O–H groups in total. The van der Waals surface area contributed by atoms with Gasteiger partial charge in [0.2, 0.25) is 0 Å². The first-order valence-corrected chi connectivity index (χ1v) is 5.95. The van der Waals surface area contributed by atoms with E-state index in [4.69, 9.17) is 15.3 Å². The first-order valence-electron chi connectivity index (χ1n) is 5.95. The molecule has 0 fully saturated rings. The molecular weight excluding hydrogens is 398 g/mol. The summed E-state index contributed by atoms with van der Waals surface area (Å²) in [6, 6.07) is 6.67. The second-order valence-electron chi connectivity index (χ2n) is 4.20. The number of aromatic hydroxyl groups is 2. The standard InChI is InChI=1S/C8H9FO2.C7H5FO2.CH3.BrH.Mg/c1-5(10)7-4-6(9)2-3-8(7)11;8-6-1-2-7(10)5(3-6)4-9;;;/h2-5,10-11H,1H3;1-4,10H;1H3;1H;/q;;-1;;+2/p-1. The van der Waals surface area contributed by atoms with Gasteiger partial charge >= 0.3 is 23.1 Å². The molecular formula is C16H17BrF2MgO4. The summed E-state index contributed by atoms with van der Waals surface area (Å²) < 4.78 is 24.7. The van der Waals surface area contributed by atoms with Crippen molar-refractivity contribution in [3.05, 3.63) is 66.6 Å².